The van der Waals surface area contributed by atoms with E-state index in [1.165, 1.54) is 17.0 Å². The van der Waals surface area contributed by atoms with E-state index in [4.69, 9.17) is 0 Å². The quantitative estimate of drug-likeness (QED) is 0.692. The third kappa shape index (κ3) is 3.82. The van der Waals surface area contributed by atoms with Crippen molar-refractivity contribution in [3.63, 3.8) is 0 Å². The Kier molecular flexibility index (Phi) is 4.73. The van der Waals surface area contributed by atoms with Gasteiger partial charge in [0.1, 0.15) is 0 Å². The van der Waals surface area contributed by atoms with Gasteiger partial charge in [0.15, 0.2) is 0 Å². The van der Waals surface area contributed by atoms with Crippen LogP contribution in [0.4, 0.5) is 16.2 Å². The van der Waals surface area contributed by atoms with Gasteiger partial charge in [-0.15, -0.1) is 0 Å². The number of carbonyl (C=O) groups is 1. The average Bonchev–Trinajstić information content (AvgIpc) is 2.50. The Morgan fingerprint density at radius 2 is 1.91 bits per heavy atom. The number of amides is 2. The zero-order valence-corrected chi connectivity index (χ0v) is 12.4. The summed E-state index contributed by atoms with van der Waals surface area (Å²) >= 11 is 0. The smallest absolute Gasteiger partial charge is 0.321 e. The molecule has 0 bridgehead atoms. The van der Waals surface area contributed by atoms with Crippen molar-refractivity contribution in [3.05, 3.63) is 69.8 Å². The maximum Gasteiger partial charge on any atom is 0.321 e. The van der Waals surface area contributed by atoms with E-state index in [2.05, 4.69) is 5.32 Å². The molecule has 0 aromatic heterocycles. The van der Waals surface area contributed by atoms with Gasteiger partial charge >= 0.3 is 6.03 Å². The van der Waals surface area contributed by atoms with E-state index < -0.39 is 4.92 Å². The fourth-order valence-electron chi connectivity index (χ4n) is 2.00. The lowest BCUT2D eigenvalue weighted by molar-refractivity contribution is -0.384. The molecule has 0 heterocycles. The van der Waals surface area contributed by atoms with Crippen LogP contribution in [-0.2, 0) is 6.54 Å². The van der Waals surface area contributed by atoms with Crippen LogP contribution in [0.1, 0.15) is 11.1 Å². The molecule has 6 heteroatoms. The van der Waals surface area contributed by atoms with Crippen molar-refractivity contribution >= 4 is 17.4 Å². The minimum absolute atomic E-state index is 0.0494. The van der Waals surface area contributed by atoms with E-state index in [0.717, 1.165) is 11.1 Å². The molecule has 0 fully saturated rings. The van der Waals surface area contributed by atoms with E-state index in [-0.39, 0.29) is 11.7 Å². The second kappa shape index (κ2) is 6.71. The van der Waals surface area contributed by atoms with Gasteiger partial charge in [0, 0.05) is 25.7 Å². The molecule has 0 saturated carbocycles. The average molecular weight is 299 g/mol. The summed E-state index contributed by atoms with van der Waals surface area (Å²) in [6.07, 6.45) is 0. The summed E-state index contributed by atoms with van der Waals surface area (Å²) in [6, 6.07) is 13.7. The third-order valence-electron chi connectivity index (χ3n) is 3.28. The first-order valence-corrected chi connectivity index (χ1v) is 6.78. The van der Waals surface area contributed by atoms with Crippen LogP contribution in [0.5, 0.6) is 0 Å². The fraction of sp³-hybridized carbons (Fsp3) is 0.188. The Labute approximate surface area is 128 Å². The van der Waals surface area contributed by atoms with Crippen molar-refractivity contribution in [1.29, 1.82) is 0 Å². The predicted molar refractivity (Wildman–Crippen MR) is 84.8 cm³/mol. The third-order valence-corrected chi connectivity index (χ3v) is 3.28. The van der Waals surface area contributed by atoms with Crippen LogP contribution in [0.3, 0.4) is 0 Å². The molecule has 22 heavy (non-hydrogen) atoms. The van der Waals surface area contributed by atoms with Crippen LogP contribution in [0, 0.1) is 17.0 Å². The van der Waals surface area contributed by atoms with Gasteiger partial charge in [-0.05, 0) is 18.1 Å². The van der Waals surface area contributed by atoms with Crippen LogP contribution in [0.25, 0.3) is 0 Å². The molecule has 0 atom stereocenters. The summed E-state index contributed by atoms with van der Waals surface area (Å²) in [5.74, 6) is 0. The molecule has 2 aromatic rings. The second-order valence-electron chi connectivity index (χ2n) is 5.03. The largest absolute Gasteiger partial charge is 0.323 e. The Hall–Kier alpha value is -2.89. The maximum atomic E-state index is 12.2. The maximum absolute atomic E-state index is 12.2. The van der Waals surface area contributed by atoms with Crippen LogP contribution in [-0.4, -0.2) is 22.9 Å². The molecule has 114 valence electrons. The normalized spacial score (nSPS) is 10.1. The van der Waals surface area contributed by atoms with Crippen LogP contribution < -0.4 is 5.32 Å². The highest BCUT2D eigenvalue weighted by molar-refractivity contribution is 5.90. The number of urea groups is 1. The number of nitro benzene ring substituents is 1. The number of non-ortho nitro benzene ring substituents is 1. The molecule has 0 saturated heterocycles. The fourth-order valence-corrected chi connectivity index (χ4v) is 2.00. The number of hydrogen-bond acceptors (Lipinski definition) is 3. The number of carbonyl (C=O) groups excluding carboxylic acids is 1. The number of nitrogens with zero attached hydrogens (tertiary/aromatic N) is 2. The highest BCUT2D eigenvalue weighted by Gasteiger charge is 2.13. The molecular formula is C16H17N3O3. The number of nitro groups is 1. The Morgan fingerprint density at radius 1 is 1.23 bits per heavy atom. The molecule has 6 nitrogen and oxygen atoms in total. The molecule has 2 rings (SSSR count). The van der Waals surface area contributed by atoms with Gasteiger partial charge in [-0.1, -0.05) is 36.4 Å². The Balaban J connectivity index is 2.08. The molecular weight excluding hydrogens is 282 g/mol. The zero-order chi connectivity index (χ0) is 16.1. The van der Waals surface area contributed by atoms with Gasteiger partial charge in [-0.2, -0.15) is 0 Å². The highest BCUT2D eigenvalue weighted by Crippen LogP contribution is 2.22. The highest BCUT2D eigenvalue weighted by atomic mass is 16.6. The van der Waals surface area contributed by atoms with Crippen molar-refractivity contribution in [3.8, 4) is 0 Å². The number of benzene rings is 2. The lowest BCUT2D eigenvalue weighted by Gasteiger charge is -2.18. The number of hydrogen-bond donors (Lipinski definition) is 1. The van der Waals surface area contributed by atoms with E-state index >= 15 is 0 Å². The molecule has 0 radical (unpaired) electrons. The molecule has 0 unspecified atom stereocenters. The van der Waals surface area contributed by atoms with E-state index in [0.29, 0.717) is 12.2 Å². The summed E-state index contributed by atoms with van der Waals surface area (Å²) in [6.45, 7) is 2.25. The van der Waals surface area contributed by atoms with Crippen molar-refractivity contribution in [2.45, 2.75) is 13.5 Å². The van der Waals surface area contributed by atoms with Crippen LogP contribution >= 0.6 is 0 Å². The number of nitrogens with one attached hydrogen (secondary N) is 1. The summed E-state index contributed by atoms with van der Waals surface area (Å²) in [5.41, 5.74) is 2.17. The first-order valence-electron chi connectivity index (χ1n) is 6.78. The van der Waals surface area contributed by atoms with Crippen molar-refractivity contribution < 1.29 is 9.72 Å². The van der Waals surface area contributed by atoms with E-state index in [1.54, 1.807) is 20.0 Å². The van der Waals surface area contributed by atoms with E-state index in [9.17, 15) is 14.9 Å². The number of aryl methyl sites for hydroxylation is 1. The van der Waals surface area contributed by atoms with Gasteiger partial charge in [0.05, 0.1) is 10.6 Å². The summed E-state index contributed by atoms with van der Waals surface area (Å²) < 4.78 is 0. The zero-order valence-electron chi connectivity index (χ0n) is 12.4. The van der Waals surface area contributed by atoms with Gasteiger partial charge in [0.2, 0.25) is 0 Å². The van der Waals surface area contributed by atoms with Gasteiger partial charge in [-0.25, -0.2) is 4.79 Å². The topological polar surface area (TPSA) is 75.5 Å². The molecule has 0 aliphatic carbocycles. The number of anilines is 1. The van der Waals surface area contributed by atoms with Gasteiger partial charge < -0.3 is 10.2 Å². The summed E-state index contributed by atoms with van der Waals surface area (Å²) in [7, 11) is 1.68. The van der Waals surface area contributed by atoms with Crippen molar-refractivity contribution in [2.24, 2.45) is 0 Å². The molecule has 1 N–H and O–H groups in total. The predicted octanol–water partition coefficient (Wildman–Crippen LogP) is 3.57. The Bertz CT molecular complexity index is 686. The minimum atomic E-state index is -0.483. The first kappa shape index (κ1) is 15.5. The molecule has 0 aliphatic rings. The number of rotatable bonds is 4. The minimum Gasteiger partial charge on any atom is -0.323 e. The van der Waals surface area contributed by atoms with Crippen LogP contribution in [0.2, 0.25) is 0 Å². The lowest BCUT2D eigenvalue weighted by atomic mass is 10.2. The molecule has 0 spiro atoms. The molecule has 2 aromatic carbocycles. The van der Waals surface area contributed by atoms with Crippen molar-refractivity contribution in [1.82, 2.24) is 4.90 Å². The van der Waals surface area contributed by atoms with Crippen molar-refractivity contribution in [2.75, 3.05) is 12.4 Å². The van der Waals surface area contributed by atoms with Gasteiger partial charge in [-0.3, -0.25) is 10.1 Å². The standard InChI is InChI=1S/C16H17N3O3/c1-12-8-9-14(19(21)22)10-15(12)17-16(20)18(2)11-13-6-4-3-5-7-13/h3-10H,11H2,1-2H3,(H,17,20). The van der Waals surface area contributed by atoms with Crippen LogP contribution in [0.15, 0.2) is 48.5 Å². The second-order valence-corrected chi connectivity index (χ2v) is 5.03. The van der Waals surface area contributed by atoms with Gasteiger partial charge in [0.25, 0.3) is 5.69 Å². The summed E-state index contributed by atoms with van der Waals surface area (Å²) in [4.78, 5) is 24.0. The monoisotopic (exact) mass is 299 g/mol. The lowest BCUT2D eigenvalue weighted by Crippen LogP contribution is -2.31. The SMILES string of the molecule is Cc1ccc([N+](=O)[O-])cc1NC(=O)N(C)Cc1ccccc1. The molecule has 0 aliphatic heterocycles. The van der Waals surface area contributed by atoms with E-state index in [1.807, 2.05) is 30.3 Å². The Morgan fingerprint density at radius 3 is 2.55 bits per heavy atom. The first-order chi connectivity index (χ1) is 10.5. The summed E-state index contributed by atoms with van der Waals surface area (Å²) in [5, 5.41) is 13.5. The molecule has 2 amide bonds.